The number of non-ortho nitro benzene ring substituents is 1. The van der Waals surface area contributed by atoms with Crippen molar-refractivity contribution in [1.29, 1.82) is 0 Å². The highest BCUT2D eigenvalue weighted by molar-refractivity contribution is 5.34. The van der Waals surface area contributed by atoms with Crippen LogP contribution in [0.25, 0.3) is 0 Å². The standard InChI is InChI=1S/C14H21N3O2/c1-15(2)13-6-8-16(9-7-13)11-12-4-3-5-14(10-12)17(18)19/h3-5,10,13H,6-9,11H2,1-2H3. The molecule has 0 aromatic heterocycles. The highest BCUT2D eigenvalue weighted by Crippen LogP contribution is 2.19. The summed E-state index contributed by atoms with van der Waals surface area (Å²) in [5.74, 6) is 0. The molecule has 0 N–H and O–H groups in total. The Morgan fingerprint density at radius 2 is 2.05 bits per heavy atom. The van der Waals surface area contributed by atoms with Gasteiger partial charge in [-0.1, -0.05) is 12.1 Å². The van der Waals surface area contributed by atoms with Crippen LogP contribution in [-0.4, -0.2) is 47.9 Å². The maximum atomic E-state index is 10.7. The molecule has 0 radical (unpaired) electrons. The lowest BCUT2D eigenvalue weighted by atomic mass is 10.0. The highest BCUT2D eigenvalue weighted by Gasteiger charge is 2.20. The van der Waals surface area contributed by atoms with Crippen molar-refractivity contribution in [1.82, 2.24) is 9.80 Å². The van der Waals surface area contributed by atoms with Gasteiger partial charge in [-0.15, -0.1) is 0 Å². The predicted molar refractivity (Wildman–Crippen MR) is 75.1 cm³/mol. The van der Waals surface area contributed by atoms with Gasteiger partial charge in [0.2, 0.25) is 0 Å². The fourth-order valence-corrected chi connectivity index (χ4v) is 2.62. The van der Waals surface area contributed by atoms with Gasteiger partial charge in [0.05, 0.1) is 4.92 Å². The number of benzene rings is 1. The first kappa shape index (κ1) is 14.0. The minimum absolute atomic E-state index is 0.181. The van der Waals surface area contributed by atoms with Crippen molar-refractivity contribution in [2.24, 2.45) is 0 Å². The van der Waals surface area contributed by atoms with Gasteiger partial charge in [-0.05, 0) is 45.6 Å². The molecule has 19 heavy (non-hydrogen) atoms. The van der Waals surface area contributed by atoms with Crippen molar-refractivity contribution in [2.75, 3.05) is 27.2 Å². The molecule has 0 spiro atoms. The van der Waals surface area contributed by atoms with E-state index in [2.05, 4.69) is 23.9 Å². The first-order valence-corrected chi connectivity index (χ1v) is 6.68. The molecule has 0 unspecified atom stereocenters. The van der Waals surface area contributed by atoms with Crippen LogP contribution in [0.5, 0.6) is 0 Å². The number of hydrogen-bond acceptors (Lipinski definition) is 4. The van der Waals surface area contributed by atoms with E-state index in [1.54, 1.807) is 18.2 Å². The number of nitrogens with zero attached hydrogens (tertiary/aromatic N) is 3. The van der Waals surface area contributed by atoms with E-state index in [0.717, 1.165) is 25.2 Å². The van der Waals surface area contributed by atoms with Crippen molar-refractivity contribution in [3.63, 3.8) is 0 Å². The first-order valence-electron chi connectivity index (χ1n) is 6.68. The summed E-state index contributed by atoms with van der Waals surface area (Å²) >= 11 is 0. The molecule has 1 aliphatic rings. The molecule has 0 aliphatic carbocycles. The zero-order chi connectivity index (χ0) is 13.8. The van der Waals surface area contributed by atoms with Gasteiger partial charge in [-0.2, -0.15) is 0 Å². The van der Waals surface area contributed by atoms with Crippen LogP contribution in [0.15, 0.2) is 24.3 Å². The quantitative estimate of drug-likeness (QED) is 0.617. The van der Waals surface area contributed by atoms with Crippen LogP contribution in [0.4, 0.5) is 5.69 Å². The maximum absolute atomic E-state index is 10.7. The lowest BCUT2D eigenvalue weighted by Gasteiger charge is -2.35. The zero-order valence-electron chi connectivity index (χ0n) is 11.6. The third-order valence-corrected chi connectivity index (χ3v) is 3.81. The van der Waals surface area contributed by atoms with E-state index in [1.165, 1.54) is 12.8 Å². The molecule has 5 heteroatoms. The van der Waals surface area contributed by atoms with Gasteiger partial charge >= 0.3 is 0 Å². The molecule has 0 atom stereocenters. The number of rotatable bonds is 4. The fraction of sp³-hybridized carbons (Fsp3) is 0.571. The Morgan fingerprint density at radius 3 is 2.63 bits per heavy atom. The van der Waals surface area contributed by atoms with Crippen molar-refractivity contribution in [2.45, 2.75) is 25.4 Å². The summed E-state index contributed by atoms with van der Waals surface area (Å²) in [6.45, 7) is 2.93. The van der Waals surface area contributed by atoms with Crippen LogP contribution < -0.4 is 0 Å². The topological polar surface area (TPSA) is 49.6 Å². The summed E-state index contributed by atoms with van der Waals surface area (Å²) in [5, 5.41) is 10.7. The SMILES string of the molecule is CN(C)C1CCN(Cc2cccc([N+](=O)[O-])c2)CC1. The van der Waals surface area contributed by atoms with Crippen LogP contribution in [0.2, 0.25) is 0 Å². The van der Waals surface area contributed by atoms with Gasteiger partial charge in [-0.3, -0.25) is 15.0 Å². The highest BCUT2D eigenvalue weighted by atomic mass is 16.6. The minimum Gasteiger partial charge on any atom is -0.306 e. The summed E-state index contributed by atoms with van der Waals surface area (Å²) < 4.78 is 0. The van der Waals surface area contributed by atoms with E-state index in [9.17, 15) is 10.1 Å². The Kier molecular flexibility index (Phi) is 4.50. The molecule has 0 bridgehead atoms. The van der Waals surface area contributed by atoms with Crippen LogP contribution in [0.1, 0.15) is 18.4 Å². The van der Waals surface area contributed by atoms with Gasteiger partial charge in [0.15, 0.2) is 0 Å². The minimum atomic E-state index is -0.332. The maximum Gasteiger partial charge on any atom is 0.269 e. The molecule has 0 saturated carbocycles. The monoisotopic (exact) mass is 263 g/mol. The third kappa shape index (κ3) is 3.75. The Bertz CT molecular complexity index is 440. The number of piperidine rings is 1. The normalized spacial score (nSPS) is 17.8. The van der Waals surface area contributed by atoms with Crippen LogP contribution >= 0.6 is 0 Å². The lowest BCUT2D eigenvalue weighted by Crippen LogP contribution is -2.41. The first-order chi connectivity index (χ1) is 9.06. The summed E-state index contributed by atoms with van der Waals surface area (Å²) in [6.07, 6.45) is 2.34. The van der Waals surface area contributed by atoms with E-state index in [1.807, 2.05) is 6.07 Å². The summed E-state index contributed by atoms with van der Waals surface area (Å²) in [5.41, 5.74) is 1.21. The Balaban J connectivity index is 1.92. The van der Waals surface area contributed by atoms with E-state index < -0.39 is 0 Å². The van der Waals surface area contributed by atoms with Crippen molar-refractivity contribution in [3.05, 3.63) is 39.9 Å². The Hall–Kier alpha value is -1.46. The van der Waals surface area contributed by atoms with E-state index in [0.29, 0.717) is 6.04 Å². The molecule has 1 heterocycles. The molecule has 2 rings (SSSR count). The van der Waals surface area contributed by atoms with Crippen LogP contribution in [-0.2, 0) is 6.54 Å². The smallest absolute Gasteiger partial charge is 0.269 e. The molecular formula is C14H21N3O2. The van der Waals surface area contributed by atoms with Crippen LogP contribution in [0, 0.1) is 10.1 Å². The number of likely N-dealkylation sites (tertiary alicyclic amines) is 1. The molecule has 1 aromatic rings. The second kappa shape index (κ2) is 6.12. The van der Waals surface area contributed by atoms with E-state index in [-0.39, 0.29) is 10.6 Å². The number of nitro benzene ring substituents is 1. The van der Waals surface area contributed by atoms with E-state index in [4.69, 9.17) is 0 Å². The Morgan fingerprint density at radius 1 is 1.37 bits per heavy atom. The van der Waals surface area contributed by atoms with Gasteiger partial charge in [0, 0.05) is 24.7 Å². The zero-order valence-corrected chi connectivity index (χ0v) is 11.6. The molecule has 0 amide bonds. The average Bonchev–Trinajstić information content (AvgIpc) is 2.39. The molecule has 1 aliphatic heterocycles. The second-order valence-electron chi connectivity index (χ2n) is 5.40. The molecule has 1 fully saturated rings. The molecule has 1 aromatic carbocycles. The fourth-order valence-electron chi connectivity index (χ4n) is 2.62. The summed E-state index contributed by atoms with van der Waals surface area (Å²) in [7, 11) is 4.25. The van der Waals surface area contributed by atoms with Crippen molar-refractivity contribution in [3.8, 4) is 0 Å². The molecular weight excluding hydrogens is 242 g/mol. The second-order valence-corrected chi connectivity index (χ2v) is 5.40. The average molecular weight is 263 g/mol. The van der Waals surface area contributed by atoms with Crippen LogP contribution in [0.3, 0.4) is 0 Å². The molecule has 5 nitrogen and oxygen atoms in total. The summed E-state index contributed by atoms with van der Waals surface area (Å²) in [4.78, 5) is 15.1. The van der Waals surface area contributed by atoms with Crippen molar-refractivity contribution >= 4 is 5.69 Å². The molecule has 1 saturated heterocycles. The predicted octanol–water partition coefficient (Wildman–Crippen LogP) is 2.12. The van der Waals surface area contributed by atoms with E-state index >= 15 is 0 Å². The third-order valence-electron chi connectivity index (χ3n) is 3.81. The lowest BCUT2D eigenvalue weighted by molar-refractivity contribution is -0.384. The van der Waals surface area contributed by atoms with Crippen molar-refractivity contribution < 1.29 is 4.92 Å². The summed E-state index contributed by atoms with van der Waals surface area (Å²) in [6, 6.07) is 7.62. The number of nitro groups is 1. The largest absolute Gasteiger partial charge is 0.306 e. The molecule has 104 valence electrons. The van der Waals surface area contributed by atoms with Gasteiger partial charge in [0.1, 0.15) is 0 Å². The Labute approximate surface area is 114 Å². The van der Waals surface area contributed by atoms with Gasteiger partial charge in [0.25, 0.3) is 5.69 Å². The van der Waals surface area contributed by atoms with Gasteiger partial charge in [-0.25, -0.2) is 0 Å². The number of hydrogen-bond donors (Lipinski definition) is 0. The van der Waals surface area contributed by atoms with Gasteiger partial charge < -0.3 is 4.90 Å².